The Labute approximate surface area is 129 Å². The molecule has 0 aromatic heterocycles. The van der Waals surface area contributed by atoms with E-state index in [0.717, 1.165) is 0 Å². The number of halogens is 1. The van der Waals surface area contributed by atoms with Crippen molar-refractivity contribution in [1.29, 1.82) is 0 Å². The summed E-state index contributed by atoms with van der Waals surface area (Å²) in [6.45, 7) is 5.35. The summed E-state index contributed by atoms with van der Waals surface area (Å²) in [4.78, 5) is 23.3. The predicted octanol–water partition coefficient (Wildman–Crippen LogP) is 3.28. The molecule has 4 nitrogen and oxygen atoms in total. The third-order valence-corrected chi connectivity index (χ3v) is 2.99. The highest BCUT2D eigenvalue weighted by atomic mass is 19.1. The largest absolute Gasteiger partial charge is 0.493 e. The standard InChI is InChI=1S/C17H19FO4/c1-4-14(19)10-15(5-2)22-11-16(17(20)21-3)12-7-6-8-13(18)9-12/h5-9,11,15H,2,4,10H2,1,3H3/b16-11+. The Morgan fingerprint density at radius 1 is 1.41 bits per heavy atom. The first-order valence-electron chi connectivity index (χ1n) is 6.86. The first-order chi connectivity index (χ1) is 10.5. The van der Waals surface area contributed by atoms with Crippen LogP contribution in [0.3, 0.4) is 0 Å². The van der Waals surface area contributed by atoms with Crippen LogP contribution in [0.25, 0.3) is 5.57 Å². The van der Waals surface area contributed by atoms with Gasteiger partial charge in [-0.1, -0.05) is 31.7 Å². The molecule has 0 heterocycles. The van der Waals surface area contributed by atoms with Crippen LogP contribution >= 0.6 is 0 Å². The minimum atomic E-state index is -0.657. The Hall–Kier alpha value is -2.43. The van der Waals surface area contributed by atoms with Crippen LogP contribution in [0, 0.1) is 5.82 Å². The van der Waals surface area contributed by atoms with Crippen molar-refractivity contribution in [3.05, 3.63) is 54.6 Å². The van der Waals surface area contributed by atoms with E-state index in [-0.39, 0.29) is 17.8 Å². The molecule has 0 fully saturated rings. The minimum Gasteiger partial charge on any atom is -0.493 e. The third-order valence-electron chi connectivity index (χ3n) is 2.99. The predicted molar refractivity (Wildman–Crippen MR) is 81.4 cm³/mol. The monoisotopic (exact) mass is 306 g/mol. The maximum absolute atomic E-state index is 13.3. The lowest BCUT2D eigenvalue weighted by atomic mass is 10.1. The zero-order valence-corrected chi connectivity index (χ0v) is 12.7. The molecule has 1 atom stereocenters. The van der Waals surface area contributed by atoms with Crippen molar-refractivity contribution in [3.8, 4) is 0 Å². The second-order valence-electron chi connectivity index (χ2n) is 4.54. The molecule has 1 aromatic carbocycles. The van der Waals surface area contributed by atoms with Crippen molar-refractivity contribution < 1.29 is 23.5 Å². The Bertz CT molecular complexity index is 578. The van der Waals surface area contributed by atoms with Gasteiger partial charge < -0.3 is 9.47 Å². The van der Waals surface area contributed by atoms with E-state index in [1.165, 1.54) is 37.6 Å². The molecule has 0 saturated heterocycles. The highest BCUT2D eigenvalue weighted by Crippen LogP contribution is 2.18. The average molecular weight is 306 g/mol. The SMILES string of the molecule is C=CC(CC(=O)CC)O/C=C(/C(=O)OC)c1cccc(F)c1. The van der Waals surface area contributed by atoms with Gasteiger partial charge in [-0.25, -0.2) is 9.18 Å². The fourth-order valence-electron chi connectivity index (χ4n) is 1.71. The molecule has 1 aromatic rings. The van der Waals surface area contributed by atoms with Crippen LogP contribution in [0.2, 0.25) is 0 Å². The van der Waals surface area contributed by atoms with Crippen LogP contribution in [-0.4, -0.2) is 25.0 Å². The maximum Gasteiger partial charge on any atom is 0.341 e. The molecule has 1 rings (SSSR count). The molecular weight excluding hydrogens is 287 g/mol. The van der Waals surface area contributed by atoms with Crippen molar-refractivity contribution in [3.63, 3.8) is 0 Å². The Balaban J connectivity index is 2.99. The molecule has 0 bridgehead atoms. The second kappa shape index (κ2) is 8.77. The van der Waals surface area contributed by atoms with Gasteiger partial charge in [0.05, 0.1) is 13.4 Å². The summed E-state index contributed by atoms with van der Waals surface area (Å²) in [6.07, 6.45) is 2.65. The van der Waals surface area contributed by atoms with Gasteiger partial charge in [0, 0.05) is 12.8 Å². The number of methoxy groups -OCH3 is 1. The van der Waals surface area contributed by atoms with Gasteiger partial charge in [0.25, 0.3) is 0 Å². The summed E-state index contributed by atoms with van der Waals surface area (Å²) < 4.78 is 23.4. The molecule has 0 radical (unpaired) electrons. The van der Waals surface area contributed by atoms with E-state index in [1.54, 1.807) is 13.0 Å². The molecule has 0 amide bonds. The molecule has 22 heavy (non-hydrogen) atoms. The molecule has 0 spiro atoms. The minimum absolute atomic E-state index is 0.0173. The molecule has 5 heteroatoms. The fourth-order valence-corrected chi connectivity index (χ4v) is 1.71. The molecule has 0 aliphatic carbocycles. The van der Waals surface area contributed by atoms with E-state index >= 15 is 0 Å². The highest BCUT2D eigenvalue weighted by Gasteiger charge is 2.16. The number of benzene rings is 1. The topological polar surface area (TPSA) is 52.6 Å². The van der Waals surface area contributed by atoms with Gasteiger partial charge in [0.2, 0.25) is 0 Å². The molecule has 0 aliphatic heterocycles. The Morgan fingerprint density at radius 2 is 2.14 bits per heavy atom. The van der Waals surface area contributed by atoms with Gasteiger partial charge in [0.15, 0.2) is 0 Å². The van der Waals surface area contributed by atoms with Gasteiger partial charge >= 0.3 is 5.97 Å². The van der Waals surface area contributed by atoms with Gasteiger partial charge in [-0.15, -0.1) is 0 Å². The molecule has 118 valence electrons. The zero-order chi connectivity index (χ0) is 16.5. The first-order valence-corrected chi connectivity index (χ1v) is 6.86. The smallest absolute Gasteiger partial charge is 0.341 e. The lowest BCUT2D eigenvalue weighted by molar-refractivity contribution is -0.133. The normalized spacial score (nSPS) is 12.4. The van der Waals surface area contributed by atoms with E-state index in [4.69, 9.17) is 4.74 Å². The lowest BCUT2D eigenvalue weighted by Crippen LogP contribution is -2.13. The first kappa shape index (κ1) is 17.6. The summed E-state index contributed by atoms with van der Waals surface area (Å²) in [5.41, 5.74) is 0.397. The third kappa shape index (κ3) is 5.16. The van der Waals surface area contributed by atoms with Gasteiger partial charge in [0.1, 0.15) is 23.3 Å². The number of carbonyl (C=O) groups is 2. The summed E-state index contributed by atoms with van der Waals surface area (Å²) in [5.74, 6) is -1.12. The summed E-state index contributed by atoms with van der Waals surface area (Å²) in [5, 5.41) is 0. The van der Waals surface area contributed by atoms with Gasteiger partial charge in [-0.3, -0.25) is 4.79 Å². The molecule has 0 aliphatic rings. The highest BCUT2D eigenvalue weighted by molar-refractivity contribution is 6.16. The van der Waals surface area contributed by atoms with E-state index in [1.807, 2.05) is 0 Å². The Kier molecular flexibility index (Phi) is 7.02. The quantitative estimate of drug-likeness (QED) is 0.320. The number of carbonyl (C=O) groups excluding carboxylic acids is 2. The fraction of sp³-hybridized carbons (Fsp3) is 0.294. The van der Waals surface area contributed by atoms with E-state index in [0.29, 0.717) is 12.0 Å². The summed E-state index contributed by atoms with van der Waals surface area (Å²) in [6, 6.07) is 5.51. The lowest BCUT2D eigenvalue weighted by Gasteiger charge is -2.13. The van der Waals surface area contributed by atoms with Crippen LogP contribution in [0.15, 0.2) is 43.2 Å². The number of Topliss-reactive ketones (excluding diaryl/α,β-unsaturated/α-hetero) is 1. The van der Waals surface area contributed by atoms with Crippen LogP contribution in [0.1, 0.15) is 25.3 Å². The van der Waals surface area contributed by atoms with Crippen LogP contribution in [-0.2, 0) is 19.1 Å². The molecule has 1 unspecified atom stereocenters. The summed E-state index contributed by atoms with van der Waals surface area (Å²) in [7, 11) is 1.22. The van der Waals surface area contributed by atoms with Gasteiger partial charge in [-0.05, 0) is 17.7 Å². The van der Waals surface area contributed by atoms with Crippen molar-refractivity contribution in [2.24, 2.45) is 0 Å². The van der Waals surface area contributed by atoms with Crippen LogP contribution < -0.4 is 0 Å². The van der Waals surface area contributed by atoms with Crippen LogP contribution in [0.4, 0.5) is 4.39 Å². The maximum atomic E-state index is 13.3. The second-order valence-corrected chi connectivity index (χ2v) is 4.54. The number of ether oxygens (including phenoxy) is 2. The number of rotatable bonds is 8. The van der Waals surface area contributed by atoms with Crippen LogP contribution in [0.5, 0.6) is 0 Å². The number of hydrogen-bond acceptors (Lipinski definition) is 4. The zero-order valence-electron chi connectivity index (χ0n) is 12.7. The van der Waals surface area contributed by atoms with Crippen molar-refractivity contribution in [2.45, 2.75) is 25.9 Å². The number of hydrogen-bond donors (Lipinski definition) is 0. The summed E-state index contributed by atoms with van der Waals surface area (Å²) >= 11 is 0. The number of esters is 1. The average Bonchev–Trinajstić information content (AvgIpc) is 2.53. The van der Waals surface area contributed by atoms with E-state index in [9.17, 15) is 14.0 Å². The Morgan fingerprint density at radius 3 is 2.68 bits per heavy atom. The molecular formula is C17H19FO4. The van der Waals surface area contributed by atoms with E-state index in [2.05, 4.69) is 11.3 Å². The van der Waals surface area contributed by atoms with Crippen molar-refractivity contribution in [1.82, 2.24) is 0 Å². The van der Waals surface area contributed by atoms with Gasteiger partial charge in [-0.2, -0.15) is 0 Å². The van der Waals surface area contributed by atoms with E-state index < -0.39 is 17.9 Å². The number of ketones is 1. The van der Waals surface area contributed by atoms with Crippen molar-refractivity contribution >= 4 is 17.3 Å². The molecule has 0 saturated carbocycles. The van der Waals surface area contributed by atoms with Crippen molar-refractivity contribution in [2.75, 3.05) is 7.11 Å². The molecule has 0 N–H and O–H groups in total.